The zero-order valence-corrected chi connectivity index (χ0v) is 9.20. The first-order valence-corrected chi connectivity index (χ1v) is 4.77. The van der Waals surface area contributed by atoms with E-state index < -0.39 is 11.9 Å². The Morgan fingerprint density at radius 3 is 2.94 bits per heavy atom. The van der Waals surface area contributed by atoms with Crippen molar-refractivity contribution in [3.05, 3.63) is 29.6 Å². The van der Waals surface area contributed by atoms with Crippen LogP contribution in [-0.2, 0) is 11.3 Å². The van der Waals surface area contributed by atoms with Gasteiger partial charge in [-0.3, -0.25) is 0 Å². The second-order valence-corrected chi connectivity index (χ2v) is 3.06. The van der Waals surface area contributed by atoms with E-state index in [-0.39, 0.29) is 18.9 Å². The van der Waals surface area contributed by atoms with Gasteiger partial charge in [-0.25, -0.2) is 9.18 Å². The molecule has 1 aromatic carbocycles. The number of carbonyl (C=O) groups excluding carboxylic acids is 1. The lowest BCUT2D eigenvalue weighted by molar-refractivity contribution is 0.140. The summed E-state index contributed by atoms with van der Waals surface area (Å²) in [7, 11) is 1.37. The van der Waals surface area contributed by atoms with E-state index in [1.165, 1.54) is 19.2 Å². The van der Waals surface area contributed by atoms with E-state index >= 15 is 0 Å². The molecule has 1 aromatic rings. The first-order chi connectivity index (χ1) is 8.17. The predicted molar refractivity (Wildman–Crippen MR) is 56.8 cm³/mol. The number of carbonyl (C=O) groups is 1. The molecule has 17 heavy (non-hydrogen) atoms. The Labute approximate surface area is 97.8 Å². The number of halogens is 1. The van der Waals surface area contributed by atoms with Crippen molar-refractivity contribution in [1.29, 1.82) is 5.26 Å². The van der Waals surface area contributed by atoms with Gasteiger partial charge in [0.1, 0.15) is 13.2 Å². The van der Waals surface area contributed by atoms with Crippen LogP contribution < -0.4 is 10.1 Å². The van der Waals surface area contributed by atoms with Crippen LogP contribution in [0.5, 0.6) is 5.75 Å². The van der Waals surface area contributed by atoms with E-state index in [1.54, 1.807) is 12.1 Å². The van der Waals surface area contributed by atoms with Gasteiger partial charge in [-0.05, 0) is 17.7 Å². The van der Waals surface area contributed by atoms with E-state index in [9.17, 15) is 9.18 Å². The molecule has 0 heterocycles. The second-order valence-electron chi connectivity index (χ2n) is 3.06. The first-order valence-electron chi connectivity index (χ1n) is 4.77. The van der Waals surface area contributed by atoms with Gasteiger partial charge in [0.2, 0.25) is 0 Å². The average Bonchev–Trinajstić information content (AvgIpc) is 2.34. The lowest BCUT2D eigenvalue weighted by Gasteiger charge is -2.06. The highest BCUT2D eigenvalue weighted by molar-refractivity contribution is 5.67. The Morgan fingerprint density at radius 1 is 1.59 bits per heavy atom. The summed E-state index contributed by atoms with van der Waals surface area (Å²) >= 11 is 0. The summed E-state index contributed by atoms with van der Waals surface area (Å²) in [5, 5.41) is 10.4. The molecule has 0 aromatic heterocycles. The minimum Gasteiger partial charge on any atom is -0.494 e. The highest BCUT2D eigenvalue weighted by Crippen LogP contribution is 2.17. The molecule has 0 bridgehead atoms. The fraction of sp³-hybridized carbons (Fsp3) is 0.273. The summed E-state index contributed by atoms with van der Waals surface area (Å²) in [6, 6.07) is 5.98. The molecular formula is C11H11FN2O3. The van der Waals surface area contributed by atoms with Gasteiger partial charge < -0.3 is 14.8 Å². The van der Waals surface area contributed by atoms with Crippen LogP contribution in [0, 0.1) is 17.1 Å². The molecule has 6 heteroatoms. The minimum atomic E-state index is -0.720. The van der Waals surface area contributed by atoms with Gasteiger partial charge in [-0.2, -0.15) is 5.26 Å². The highest BCUT2D eigenvalue weighted by atomic mass is 19.1. The summed E-state index contributed by atoms with van der Waals surface area (Å²) in [6.45, 7) is -0.200. The number of rotatable bonds is 4. The van der Waals surface area contributed by atoms with Crippen LogP contribution in [-0.4, -0.2) is 19.7 Å². The third kappa shape index (κ3) is 3.99. The van der Waals surface area contributed by atoms with Gasteiger partial charge in [-0.1, -0.05) is 6.07 Å². The fourth-order valence-electron chi connectivity index (χ4n) is 1.11. The first kappa shape index (κ1) is 12.8. The number of hydrogen-bond donors (Lipinski definition) is 1. The van der Waals surface area contributed by atoms with E-state index in [0.717, 1.165) is 0 Å². The van der Waals surface area contributed by atoms with Crippen LogP contribution in [0.2, 0.25) is 0 Å². The molecule has 0 aliphatic rings. The number of benzene rings is 1. The lowest BCUT2D eigenvalue weighted by Crippen LogP contribution is -2.24. The third-order valence-electron chi connectivity index (χ3n) is 1.90. The molecule has 1 rings (SSSR count). The van der Waals surface area contributed by atoms with Crippen LogP contribution in [0.4, 0.5) is 9.18 Å². The maximum absolute atomic E-state index is 13.3. The standard InChI is InChI=1S/C11H11FN2O3/c1-16-10-3-2-8(6-9(10)12)7-17-11(15)14-5-4-13/h2-3,6H,5,7H2,1H3,(H,14,15). The number of nitrogens with one attached hydrogen (secondary N) is 1. The Kier molecular flexibility index (Phi) is 4.76. The molecule has 5 nitrogen and oxygen atoms in total. The number of alkyl carbamates (subject to hydrolysis) is 1. The molecule has 0 aliphatic heterocycles. The van der Waals surface area contributed by atoms with E-state index in [4.69, 9.17) is 14.7 Å². The van der Waals surface area contributed by atoms with Gasteiger partial charge in [0, 0.05) is 0 Å². The van der Waals surface area contributed by atoms with Crippen LogP contribution in [0.3, 0.4) is 0 Å². The molecule has 0 saturated carbocycles. The van der Waals surface area contributed by atoms with Gasteiger partial charge in [0.25, 0.3) is 0 Å². The predicted octanol–water partition coefficient (Wildman–Crippen LogP) is 1.58. The smallest absolute Gasteiger partial charge is 0.408 e. The van der Waals surface area contributed by atoms with Crippen LogP contribution in [0.25, 0.3) is 0 Å². The number of ether oxygens (including phenoxy) is 2. The normalized spacial score (nSPS) is 9.24. The molecule has 90 valence electrons. The number of amides is 1. The summed E-state index contributed by atoms with van der Waals surface area (Å²) in [4.78, 5) is 11.0. The molecule has 0 aliphatic carbocycles. The Hall–Kier alpha value is -2.29. The summed E-state index contributed by atoms with van der Waals surface area (Å²) in [5.41, 5.74) is 0.496. The summed E-state index contributed by atoms with van der Waals surface area (Å²) in [5.74, 6) is -0.395. The molecule has 0 unspecified atom stereocenters. The van der Waals surface area contributed by atoms with E-state index in [1.807, 2.05) is 0 Å². The van der Waals surface area contributed by atoms with Gasteiger partial charge >= 0.3 is 6.09 Å². The zero-order chi connectivity index (χ0) is 12.7. The molecular weight excluding hydrogens is 227 g/mol. The van der Waals surface area contributed by atoms with Crippen molar-refractivity contribution in [2.75, 3.05) is 13.7 Å². The van der Waals surface area contributed by atoms with E-state index in [2.05, 4.69) is 5.32 Å². The maximum atomic E-state index is 13.3. The number of methoxy groups -OCH3 is 1. The van der Waals surface area contributed by atoms with Crippen molar-refractivity contribution in [1.82, 2.24) is 5.32 Å². The fourth-order valence-corrected chi connectivity index (χ4v) is 1.11. The Morgan fingerprint density at radius 2 is 2.35 bits per heavy atom. The zero-order valence-electron chi connectivity index (χ0n) is 9.20. The van der Waals surface area contributed by atoms with Crippen molar-refractivity contribution in [2.45, 2.75) is 6.61 Å². The van der Waals surface area contributed by atoms with Crippen molar-refractivity contribution in [2.24, 2.45) is 0 Å². The molecule has 0 spiro atoms. The minimum absolute atomic E-state index is 0.0713. The molecule has 0 radical (unpaired) electrons. The Bertz CT molecular complexity index is 443. The summed E-state index contributed by atoms with van der Waals surface area (Å²) < 4.78 is 22.8. The number of nitriles is 1. The molecule has 1 N–H and O–H groups in total. The van der Waals surface area contributed by atoms with Crippen molar-refractivity contribution >= 4 is 6.09 Å². The maximum Gasteiger partial charge on any atom is 0.408 e. The molecule has 0 saturated heterocycles. The largest absolute Gasteiger partial charge is 0.494 e. The van der Waals surface area contributed by atoms with Gasteiger partial charge in [-0.15, -0.1) is 0 Å². The van der Waals surface area contributed by atoms with Crippen molar-refractivity contribution in [3.8, 4) is 11.8 Å². The summed E-state index contributed by atoms with van der Waals surface area (Å²) in [6.07, 6.45) is -0.720. The van der Waals surface area contributed by atoms with Crippen LogP contribution in [0.1, 0.15) is 5.56 Å². The van der Waals surface area contributed by atoms with Crippen LogP contribution >= 0.6 is 0 Å². The average molecular weight is 238 g/mol. The second kappa shape index (κ2) is 6.33. The molecule has 0 fully saturated rings. The quantitative estimate of drug-likeness (QED) is 0.808. The number of nitrogens with zero attached hydrogens (tertiary/aromatic N) is 1. The molecule has 0 atom stereocenters. The van der Waals surface area contributed by atoms with Gasteiger partial charge in [0.05, 0.1) is 13.2 Å². The topological polar surface area (TPSA) is 71.3 Å². The van der Waals surface area contributed by atoms with Crippen molar-refractivity contribution < 1.29 is 18.7 Å². The van der Waals surface area contributed by atoms with E-state index in [0.29, 0.717) is 5.56 Å². The SMILES string of the molecule is COc1ccc(COC(=O)NCC#N)cc1F. The van der Waals surface area contributed by atoms with Crippen molar-refractivity contribution in [3.63, 3.8) is 0 Å². The third-order valence-corrected chi connectivity index (χ3v) is 1.90. The van der Waals surface area contributed by atoms with Gasteiger partial charge in [0.15, 0.2) is 11.6 Å². The number of hydrogen-bond acceptors (Lipinski definition) is 4. The van der Waals surface area contributed by atoms with Crippen LogP contribution in [0.15, 0.2) is 18.2 Å². The highest BCUT2D eigenvalue weighted by Gasteiger charge is 2.05. The molecule has 1 amide bonds. The Balaban J connectivity index is 2.50. The monoisotopic (exact) mass is 238 g/mol. The lowest BCUT2D eigenvalue weighted by atomic mass is 10.2.